The van der Waals surface area contributed by atoms with E-state index in [-0.39, 0.29) is 28.6 Å². The lowest BCUT2D eigenvalue weighted by Crippen LogP contribution is -2.49. The Morgan fingerprint density at radius 3 is 2.16 bits per heavy atom. The molecule has 0 aliphatic carbocycles. The van der Waals surface area contributed by atoms with E-state index < -0.39 is 9.85 Å². The predicted molar refractivity (Wildman–Crippen MR) is 115 cm³/mol. The van der Waals surface area contributed by atoms with E-state index in [1.54, 1.807) is 42.1 Å². The molecule has 1 heterocycles. The van der Waals surface area contributed by atoms with E-state index in [2.05, 4.69) is 0 Å². The van der Waals surface area contributed by atoms with Gasteiger partial charge in [0.1, 0.15) is 17.1 Å². The van der Waals surface area contributed by atoms with Crippen molar-refractivity contribution in [1.82, 2.24) is 4.90 Å². The highest BCUT2D eigenvalue weighted by Gasteiger charge is 2.30. The number of methoxy groups -OCH3 is 1. The Morgan fingerprint density at radius 1 is 1.00 bits per heavy atom. The number of nitro groups is 2. The average molecular weight is 429 g/mol. The Morgan fingerprint density at radius 2 is 1.61 bits per heavy atom. The molecule has 0 radical (unpaired) electrons. The maximum atomic E-state index is 13.1. The van der Waals surface area contributed by atoms with E-state index in [0.29, 0.717) is 37.6 Å². The number of para-hydroxylation sites is 2. The van der Waals surface area contributed by atoms with Crippen LogP contribution in [-0.4, -0.2) is 68.0 Å². The number of nitrogens with zero attached hydrogens (tertiary/aromatic N) is 5. The van der Waals surface area contributed by atoms with Gasteiger partial charge in [-0.15, -0.1) is 0 Å². The topological polar surface area (TPSA) is 122 Å². The van der Waals surface area contributed by atoms with Crippen LogP contribution in [0.3, 0.4) is 0 Å². The molecule has 1 saturated heterocycles. The summed E-state index contributed by atoms with van der Waals surface area (Å²) in [6, 6.07) is 9.19. The molecular weight excluding hydrogens is 406 g/mol. The van der Waals surface area contributed by atoms with Crippen LogP contribution in [-0.2, 0) is 0 Å². The average Bonchev–Trinajstić information content (AvgIpc) is 2.77. The fraction of sp³-hybridized carbons (Fsp3) is 0.350. The monoisotopic (exact) mass is 429 g/mol. The zero-order chi connectivity index (χ0) is 22.7. The molecule has 0 unspecified atom stereocenters. The molecule has 0 aromatic heterocycles. The zero-order valence-corrected chi connectivity index (χ0v) is 17.5. The van der Waals surface area contributed by atoms with Crippen LogP contribution in [0.2, 0.25) is 0 Å². The van der Waals surface area contributed by atoms with Gasteiger partial charge in [0.05, 0.1) is 22.5 Å². The van der Waals surface area contributed by atoms with Gasteiger partial charge >= 0.3 is 0 Å². The van der Waals surface area contributed by atoms with Gasteiger partial charge in [0.25, 0.3) is 17.3 Å². The quantitative estimate of drug-likeness (QED) is 0.507. The Kier molecular flexibility index (Phi) is 6.23. The van der Waals surface area contributed by atoms with Gasteiger partial charge in [-0.1, -0.05) is 12.1 Å². The number of nitro benzene ring substituents is 2. The van der Waals surface area contributed by atoms with Gasteiger partial charge in [-0.3, -0.25) is 25.0 Å². The fourth-order valence-electron chi connectivity index (χ4n) is 3.60. The van der Waals surface area contributed by atoms with Crippen molar-refractivity contribution in [2.24, 2.45) is 0 Å². The summed E-state index contributed by atoms with van der Waals surface area (Å²) in [4.78, 5) is 40.0. The lowest BCUT2D eigenvalue weighted by molar-refractivity contribution is -0.384. The minimum Gasteiger partial charge on any atom is -0.496 e. The molecule has 11 heteroatoms. The van der Waals surface area contributed by atoms with Crippen molar-refractivity contribution < 1.29 is 19.4 Å². The molecule has 1 aliphatic rings. The zero-order valence-electron chi connectivity index (χ0n) is 17.5. The lowest BCUT2D eigenvalue weighted by Gasteiger charge is -2.36. The summed E-state index contributed by atoms with van der Waals surface area (Å²) in [5.74, 6) is -0.132. The molecule has 31 heavy (non-hydrogen) atoms. The van der Waals surface area contributed by atoms with Crippen molar-refractivity contribution in [2.75, 3.05) is 57.2 Å². The third kappa shape index (κ3) is 4.34. The number of carbonyl (C=O) groups is 1. The van der Waals surface area contributed by atoms with Crippen molar-refractivity contribution in [3.8, 4) is 5.75 Å². The summed E-state index contributed by atoms with van der Waals surface area (Å²) in [6.45, 7) is 1.43. The van der Waals surface area contributed by atoms with E-state index in [4.69, 9.17) is 4.74 Å². The summed E-state index contributed by atoms with van der Waals surface area (Å²) in [5.41, 5.74) is 0.772. The first-order valence-electron chi connectivity index (χ1n) is 9.56. The van der Waals surface area contributed by atoms with Gasteiger partial charge in [0.15, 0.2) is 0 Å². The number of rotatable bonds is 6. The summed E-state index contributed by atoms with van der Waals surface area (Å²) in [5, 5.41) is 22.8. The molecule has 2 aromatic rings. The molecule has 1 aliphatic heterocycles. The van der Waals surface area contributed by atoms with Gasteiger partial charge in [0.2, 0.25) is 0 Å². The van der Waals surface area contributed by atoms with E-state index in [0.717, 1.165) is 0 Å². The third-order valence-electron chi connectivity index (χ3n) is 5.19. The molecule has 1 amide bonds. The van der Waals surface area contributed by atoms with Crippen molar-refractivity contribution in [3.63, 3.8) is 0 Å². The molecule has 11 nitrogen and oxygen atoms in total. The molecule has 0 spiro atoms. The number of piperazine rings is 1. The number of anilines is 2. The number of amides is 1. The highest BCUT2D eigenvalue weighted by Crippen LogP contribution is 2.35. The SMILES string of the molecule is COc1cc(N(C)C)c([N+](=O)[O-])cc1C(=O)N1CCN(c2ccccc2[N+](=O)[O-])CC1. The second-order valence-electron chi connectivity index (χ2n) is 7.22. The molecule has 1 fully saturated rings. The Hall–Kier alpha value is -3.89. The van der Waals surface area contributed by atoms with Crippen molar-refractivity contribution >= 4 is 28.7 Å². The number of hydrogen-bond acceptors (Lipinski definition) is 8. The van der Waals surface area contributed by atoms with Crippen molar-refractivity contribution in [3.05, 3.63) is 62.2 Å². The first kappa shape index (κ1) is 21.8. The van der Waals surface area contributed by atoms with Crippen LogP contribution in [0.25, 0.3) is 0 Å². The maximum Gasteiger partial charge on any atom is 0.293 e. The smallest absolute Gasteiger partial charge is 0.293 e. The van der Waals surface area contributed by atoms with Gasteiger partial charge < -0.3 is 19.4 Å². The second kappa shape index (κ2) is 8.86. The van der Waals surface area contributed by atoms with Gasteiger partial charge in [-0.05, 0) is 6.07 Å². The van der Waals surface area contributed by atoms with E-state index in [1.165, 1.54) is 25.3 Å². The van der Waals surface area contributed by atoms with Crippen LogP contribution in [0.4, 0.5) is 22.7 Å². The van der Waals surface area contributed by atoms with Crippen LogP contribution < -0.4 is 14.5 Å². The highest BCUT2D eigenvalue weighted by atomic mass is 16.6. The van der Waals surface area contributed by atoms with Gasteiger partial charge in [-0.2, -0.15) is 0 Å². The molecule has 3 rings (SSSR count). The van der Waals surface area contributed by atoms with E-state index >= 15 is 0 Å². The summed E-state index contributed by atoms with van der Waals surface area (Å²) in [7, 11) is 4.75. The third-order valence-corrected chi connectivity index (χ3v) is 5.19. The largest absolute Gasteiger partial charge is 0.496 e. The first-order valence-corrected chi connectivity index (χ1v) is 9.56. The molecule has 0 saturated carbocycles. The normalized spacial score (nSPS) is 13.6. The van der Waals surface area contributed by atoms with Crippen LogP contribution in [0.1, 0.15) is 10.4 Å². The number of hydrogen-bond donors (Lipinski definition) is 0. The number of ether oxygens (including phenoxy) is 1. The van der Waals surface area contributed by atoms with E-state index in [1.807, 2.05) is 4.90 Å². The molecule has 0 bridgehead atoms. The summed E-state index contributed by atoms with van der Waals surface area (Å²) in [6.07, 6.45) is 0. The molecule has 164 valence electrons. The number of benzene rings is 2. The highest BCUT2D eigenvalue weighted by molar-refractivity contribution is 5.99. The van der Waals surface area contributed by atoms with Gasteiger partial charge in [-0.25, -0.2) is 0 Å². The molecule has 0 atom stereocenters. The Balaban J connectivity index is 1.83. The molecule has 2 aromatic carbocycles. The maximum absolute atomic E-state index is 13.1. The summed E-state index contributed by atoms with van der Waals surface area (Å²) >= 11 is 0. The second-order valence-corrected chi connectivity index (χ2v) is 7.22. The minimum atomic E-state index is -0.530. The number of carbonyl (C=O) groups excluding carboxylic acids is 1. The molecule has 0 N–H and O–H groups in total. The first-order chi connectivity index (χ1) is 14.7. The van der Waals surface area contributed by atoms with Crippen molar-refractivity contribution in [1.29, 1.82) is 0 Å². The van der Waals surface area contributed by atoms with Gasteiger partial charge in [0, 0.05) is 58.5 Å². The predicted octanol–water partition coefficient (Wildman–Crippen LogP) is 2.54. The van der Waals surface area contributed by atoms with Crippen LogP contribution >= 0.6 is 0 Å². The Bertz CT molecular complexity index is 1020. The van der Waals surface area contributed by atoms with Crippen LogP contribution in [0.15, 0.2) is 36.4 Å². The van der Waals surface area contributed by atoms with Crippen LogP contribution in [0, 0.1) is 20.2 Å². The Labute approximate surface area is 178 Å². The van der Waals surface area contributed by atoms with E-state index in [9.17, 15) is 25.0 Å². The minimum absolute atomic E-state index is 0.0128. The summed E-state index contributed by atoms with van der Waals surface area (Å²) < 4.78 is 5.33. The van der Waals surface area contributed by atoms with Crippen molar-refractivity contribution in [2.45, 2.75) is 0 Å². The molecular formula is C20H23N5O6. The fourth-order valence-corrected chi connectivity index (χ4v) is 3.60. The van der Waals surface area contributed by atoms with Crippen LogP contribution in [0.5, 0.6) is 5.75 Å². The standard InChI is InChI=1S/C20H23N5O6/c1-21(2)17-13-19(31-3)14(12-18(17)25(29)30)20(26)23-10-8-22(9-11-23)15-6-4-5-7-16(15)24(27)28/h4-7,12-13H,8-11H2,1-3H3. The lowest BCUT2D eigenvalue weighted by atomic mass is 10.1.